The molecule has 210 valence electrons. The molecule has 0 radical (unpaired) electrons. The Bertz CT molecular complexity index is 1850. The number of nitrogens with zero attached hydrogens (tertiary/aromatic N) is 3. The Balaban J connectivity index is 1.76. The number of halogens is 2. The largest absolute Gasteiger partial charge is 0.759 e. The predicted octanol–water partition coefficient (Wildman–Crippen LogP) is 2.41. The second-order valence-corrected chi connectivity index (χ2v) is 11.4. The zero-order valence-electron chi connectivity index (χ0n) is 21.5. The van der Waals surface area contributed by atoms with Crippen molar-refractivity contribution in [2.45, 2.75) is 32.2 Å². The maximum Gasteiger partial charge on any atom is 0.336 e. The lowest BCUT2D eigenvalue weighted by Crippen LogP contribution is -2.41. The van der Waals surface area contributed by atoms with E-state index >= 15 is 0 Å². The summed E-state index contributed by atoms with van der Waals surface area (Å²) < 4.78 is 40.8. The monoisotopic (exact) mass is 679 g/mol. The van der Waals surface area contributed by atoms with Crippen molar-refractivity contribution in [2.24, 2.45) is 7.05 Å². The van der Waals surface area contributed by atoms with Crippen LogP contribution in [0.4, 0.5) is 15.9 Å². The number of anilines is 2. The van der Waals surface area contributed by atoms with E-state index in [1.165, 1.54) is 32.9 Å². The maximum absolute atomic E-state index is 14.9. The molecular formula is C26H25FIN6O5S-. The molecule has 0 spiro atoms. The summed E-state index contributed by atoms with van der Waals surface area (Å²) in [6.07, 6.45) is 1.76. The summed E-state index contributed by atoms with van der Waals surface area (Å²) in [6.45, 7) is 1.84. The number of pyridine rings is 1. The Labute approximate surface area is 243 Å². The first-order chi connectivity index (χ1) is 19.1. The van der Waals surface area contributed by atoms with Crippen molar-refractivity contribution in [3.63, 3.8) is 0 Å². The molecule has 3 N–H and O–H groups in total. The number of rotatable bonds is 9. The SMILES string of the molecule is Cc1c(=O)n(C)c(Nc2ccc(I)cc2F)c2c(=O)n(C3CC3)c(=O)n(-c3cccc(CCNNS(=O)[O-])c3)c12. The molecule has 0 aliphatic heterocycles. The second kappa shape index (κ2) is 11.4. The molecule has 1 saturated carbocycles. The Morgan fingerprint density at radius 2 is 1.88 bits per heavy atom. The summed E-state index contributed by atoms with van der Waals surface area (Å²) in [4.78, 5) is 43.3. The minimum absolute atomic E-state index is 0.0795. The van der Waals surface area contributed by atoms with Crippen LogP contribution in [0, 0.1) is 16.3 Å². The molecule has 1 unspecified atom stereocenters. The average molecular weight is 679 g/mol. The number of hydrogen-bond donors (Lipinski definition) is 3. The van der Waals surface area contributed by atoms with Crippen LogP contribution in [-0.2, 0) is 24.7 Å². The molecule has 14 heteroatoms. The Morgan fingerprint density at radius 1 is 1.12 bits per heavy atom. The van der Waals surface area contributed by atoms with Crippen molar-refractivity contribution < 1.29 is 13.2 Å². The van der Waals surface area contributed by atoms with Crippen LogP contribution in [-0.4, -0.2) is 29.0 Å². The molecule has 0 saturated heterocycles. The maximum atomic E-state index is 14.9. The number of benzene rings is 2. The third-order valence-corrected chi connectivity index (χ3v) is 7.78. The van der Waals surface area contributed by atoms with Gasteiger partial charge in [-0.1, -0.05) is 12.1 Å². The molecule has 0 amide bonds. The molecule has 4 aromatic rings. The minimum Gasteiger partial charge on any atom is -0.759 e. The van der Waals surface area contributed by atoms with Gasteiger partial charge in [0.25, 0.3) is 11.1 Å². The van der Waals surface area contributed by atoms with Gasteiger partial charge in [-0.3, -0.25) is 27.5 Å². The number of hydrazine groups is 1. The van der Waals surface area contributed by atoms with Crippen molar-refractivity contribution >= 4 is 56.3 Å². The third-order valence-electron chi connectivity index (χ3n) is 6.80. The number of aromatic nitrogens is 3. The number of nitrogens with one attached hydrogen (secondary N) is 3. The highest BCUT2D eigenvalue weighted by Gasteiger charge is 2.31. The normalized spacial score (nSPS) is 14.0. The molecule has 1 atom stereocenters. The van der Waals surface area contributed by atoms with Gasteiger partial charge < -0.3 is 9.87 Å². The fourth-order valence-electron chi connectivity index (χ4n) is 4.74. The smallest absolute Gasteiger partial charge is 0.336 e. The van der Waals surface area contributed by atoms with Crippen molar-refractivity contribution in [3.8, 4) is 5.69 Å². The van der Waals surface area contributed by atoms with E-state index in [2.05, 4.69) is 15.6 Å². The molecule has 2 aromatic heterocycles. The van der Waals surface area contributed by atoms with Crippen LogP contribution >= 0.6 is 22.6 Å². The summed E-state index contributed by atoms with van der Waals surface area (Å²) >= 11 is -0.469. The van der Waals surface area contributed by atoms with E-state index in [1.54, 1.807) is 31.2 Å². The van der Waals surface area contributed by atoms with E-state index < -0.39 is 33.9 Å². The van der Waals surface area contributed by atoms with E-state index in [4.69, 9.17) is 0 Å². The molecule has 40 heavy (non-hydrogen) atoms. The zero-order valence-corrected chi connectivity index (χ0v) is 24.5. The van der Waals surface area contributed by atoms with Gasteiger partial charge >= 0.3 is 5.69 Å². The molecule has 0 bridgehead atoms. The van der Waals surface area contributed by atoms with Gasteiger partial charge in [-0.2, -0.15) is 4.83 Å². The van der Waals surface area contributed by atoms with Gasteiger partial charge in [0, 0.05) is 40.0 Å². The highest BCUT2D eigenvalue weighted by atomic mass is 127. The predicted molar refractivity (Wildman–Crippen MR) is 158 cm³/mol. The Morgan fingerprint density at radius 3 is 2.55 bits per heavy atom. The van der Waals surface area contributed by atoms with E-state index in [1.807, 2.05) is 28.7 Å². The average Bonchev–Trinajstić information content (AvgIpc) is 3.74. The Kier molecular flexibility index (Phi) is 8.05. The zero-order chi connectivity index (χ0) is 28.7. The van der Waals surface area contributed by atoms with Crippen molar-refractivity contribution in [1.29, 1.82) is 0 Å². The topological polar surface area (TPSA) is 142 Å². The standard InChI is InChI=1S/C26H26FIN6O5S/c1-14-22-21(23(32(2)24(14)35)30-20-9-6-16(28)13-19(20)27)25(36)34(17-7-8-17)26(37)33(22)18-5-3-4-15(12-18)10-11-29-31-40(38)39/h3-6,9,12-13,17,29-31H,7-8,10-11H2,1-2H3,(H,38,39)/p-1. The van der Waals surface area contributed by atoms with Crippen LogP contribution in [0.5, 0.6) is 0 Å². The van der Waals surface area contributed by atoms with Crippen LogP contribution in [0.3, 0.4) is 0 Å². The lowest BCUT2D eigenvalue weighted by molar-refractivity contribution is 0.504. The molecule has 1 aliphatic rings. The van der Waals surface area contributed by atoms with Crippen LogP contribution in [0.15, 0.2) is 56.8 Å². The van der Waals surface area contributed by atoms with Crippen LogP contribution < -0.4 is 32.4 Å². The summed E-state index contributed by atoms with van der Waals surface area (Å²) in [6, 6.07) is 11.3. The van der Waals surface area contributed by atoms with Gasteiger partial charge in [0.05, 0.1) is 16.9 Å². The highest BCUT2D eigenvalue weighted by molar-refractivity contribution is 14.1. The van der Waals surface area contributed by atoms with Gasteiger partial charge in [-0.05, 0) is 84.7 Å². The fraction of sp³-hybridized carbons (Fsp3) is 0.269. The minimum atomic E-state index is -2.46. The number of aryl methyl sites for hydroxylation is 1. The molecule has 1 aliphatic carbocycles. The summed E-state index contributed by atoms with van der Waals surface area (Å²) in [5, 5.41) is 3.05. The van der Waals surface area contributed by atoms with E-state index in [9.17, 15) is 27.5 Å². The van der Waals surface area contributed by atoms with Crippen LogP contribution in [0.1, 0.15) is 30.0 Å². The second-order valence-electron chi connectivity index (χ2n) is 9.52. The van der Waals surface area contributed by atoms with Gasteiger partial charge in [-0.15, -0.1) is 0 Å². The highest BCUT2D eigenvalue weighted by Crippen LogP contribution is 2.34. The first-order valence-electron chi connectivity index (χ1n) is 12.4. The number of fused-ring (bicyclic) bond motifs is 1. The number of hydrogen-bond acceptors (Lipinski definition) is 7. The van der Waals surface area contributed by atoms with E-state index in [-0.39, 0.29) is 40.6 Å². The first-order valence-corrected chi connectivity index (χ1v) is 14.5. The van der Waals surface area contributed by atoms with Crippen LogP contribution in [0.25, 0.3) is 16.6 Å². The molecular weight excluding hydrogens is 654 g/mol. The molecule has 2 aromatic carbocycles. The van der Waals surface area contributed by atoms with Gasteiger partial charge in [-0.25, -0.2) is 14.6 Å². The summed E-state index contributed by atoms with van der Waals surface area (Å²) in [7, 11) is 1.49. The molecule has 1 fully saturated rings. The van der Waals surface area contributed by atoms with Gasteiger partial charge in [0.15, 0.2) is 0 Å². The lowest BCUT2D eigenvalue weighted by atomic mass is 10.1. The third kappa shape index (κ3) is 5.41. The molecule has 2 heterocycles. The lowest BCUT2D eigenvalue weighted by Gasteiger charge is -2.21. The van der Waals surface area contributed by atoms with E-state index in [0.29, 0.717) is 28.5 Å². The van der Waals surface area contributed by atoms with Crippen molar-refractivity contribution in [2.75, 3.05) is 11.9 Å². The summed E-state index contributed by atoms with van der Waals surface area (Å²) in [5.41, 5.74) is 2.64. The van der Waals surface area contributed by atoms with Crippen molar-refractivity contribution in [1.82, 2.24) is 24.0 Å². The van der Waals surface area contributed by atoms with Gasteiger partial charge in [0.2, 0.25) is 0 Å². The van der Waals surface area contributed by atoms with Crippen LogP contribution in [0.2, 0.25) is 0 Å². The molecule has 11 nitrogen and oxygen atoms in total. The quantitative estimate of drug-likeness (QED) is 0.107. The Hall–Kier alpha value is -3.18. The molecule has 5 rings (SSSR count). The first kappa shape index (κ1) is 28.4. The summed E-state index contributed by atoms with van der Waals surface area (Å²) in [5.74, 6) is -0.476. The van der Waals surface area contributed by atoms with Crippen molar-refractivity contribution in [3.05, 3.63) is 94.2 Å². The van der Waals surface area contributed by atoms with Gasteiger partial charge in [0.1, 0.15) is 17.0 Å². The van der Waals surface area contributed by atoms with E-state index in [0.717, 1.165) is 5.56 Å². The fourth-order valence-corrected chi connectivity index (χ4v) is 5.41.